The number of hydrogen-bond acceptors (Lipinski definition) is 4. The fraction of sp³-hybridized carbons (Fsp3) is 0.438. The smallest absolute Gasteiger partial charge is 0.138 e. The first kappa shape index (κ1) is 14.3. The fourth-order valence-corrected chi connectivity index (χ4v) is 3.28. The van der Waals surface area contributed by atoms with E-state index in [2.05, 4.69) is 31.9 Å². The molecule has 0 saturated heterocycles. The summed E-state index contributed by atoms with van der Waals surface area (Å²) >= 11 is 0. The highest BCUT2D eigenvalue weighted by atomic mass is 19.1. The average molecular weight is 314 g/mol. The normalized spacial score (nSPS) is 17.6. The minimum Gasteiger partial charge on any atom is -0.327 e. The Morgan fingerprint density at radius 2 is 2.30 bits per heavy atom. The molecule has 0 amide bonds. The molecule has 0 spiro atoms. The molecular formula is C16H19FN6. The standard InChI is InChI=1S/C16H19FN6/c1-2-22-14-5-3-11(17)7-13(14)21-16(22)8-18-12-4-6-15-19-10-20-23(15)9-12/h3,5,7,10,12,18H,2,4,6,8-9H2,1H3/t12-/m0/s1. The summed E-state index contributed by atoms with van der Waals surface area (Å²) in [5.41, 5.74) is 1.69. The average Bonchev–Trinajstić information content (AvgIpc) is 3.15. The Morgan fingerprint density at radius 3 is 3.17 bits per heavy atom. The molecule has 120 valence electrons. The first-order valence-electron chi connectivity index (χ1n) is 7.99. The third-order valence-corrected chi connectivity index (χ3v) is 4.46. The van der Waals surface area contributed by atoms with Gasteiger partial charge in [0.25, 0.3) is 0 Å². The summed E-state index contributed by atoms with van der Waals surface area (Å²) in [7, 11) is 0. The number of nitrogens with one attached hydrogen (secondary N) is 1. The number of aromatic nitrogens is 5. The monoisotopic (exact) mass is 314 g/mol. The molecule has 0 unspecified atom stereocenters. The molecule has 0 bridgehead atoms. The van der Waals surface area contributed by atoms with Crippen molar-refractivity contribution in [2.75, 3.05) is 0 Å². The van der Waals surface area contributed by atoms with E-state index in [1.165, 1.54) is 12.1 Å². The van der Waals surface area contributed by atoms with Crippen LogP contribution in [-0.4, -0.2) is 30.4 Å². The van der Waals surface area contributed by atoms with Gasteiger partial charge in [0.1, 0.15) is 23.8 Å². The highest BCUT2D eigenvalue weighted by molar-refractivity contribution is 5.76. The van der Waals surface area contributed by atoms with Crippen LogP contribution in [-0.2, 0) is 26.1 Å². The minimum absolute atomic E-state index is 0.247. The van der Waals surface area contributed by atoms with Crippen molar-refractivity contribution in [2.45, 2.75) is 45.4 Å². The molecule has 1 aromatic carbocycles. The van der Waals surface area contributed by atoms with Gasteiger partial charge in [-0.25, -0.2) is 19.0 Å². The Hall–Kier alpha value is -2.28. The third-order valence-electron chi connectivity index (χ3n) is 4.46. The Kier molecular flexibility index (Phi) is 3.57. The summed E-state index contributed by atoms with van der Waals surface area (Å²) in [6.45, 7) is 4.39. The number of aryl methyl sites for hydroxylation is 2. The Bertz CT molecular complexity index is 836. The summed E-state index contributed by atoms with van der Waals surface area (Å²) < 4.78 is 17.5. The fourth-order valence-electron chi connectivity index (χ4n) is 3.28. The second-order valence-electron chi connectivity index (χ2n) is 5.88. The first-order chi connectivity index (χ1) is 11.2. The second-order valence-corrected chi connectivity index (χ2v) is 5.88. The van der Waals surface area contributed by atoms with Crippen LogP contribution in [0.2, 0.25) is 0 Å². The molecule has 23 heavy (non-hydrogen) atoms. The van der Waals surface area contributed by atoms with Crippen LogP contribution in [0.4, 0.5) is 4.39 Å². The highest BCUT2D eigenvalue weighted by Crippen LogP contribution is 2.18. The molecule has 2 aromatic heterocycles. The van der Waals surface area contributed by atoms with E-state index in [1.54, 1.807) is 12.4 Å². The van der Waals surface area contributed by atoms with Crippen molar-refractivity contribution in [1.29, 1.82) is 0 Å². The van der Waals surface area contributed by atoms with Crippen molar-refractivity contribution in [3.63, 3.8) is 0 Å². The zero-order valence-corrected chi connectivity index (χ0v) is 13.0. The van der Waals surface area contributed by atoms with Gasteiger partial charge in [0.2, 0.25) is 0 Å². The van der Waals surface area contributed by atoms with E-state index in [4.69, 9.17) is 0 Å². The lowest BCUT2D eigenvalue weighted by Gasteiger charge is -2.23. The number of nitrogens with zero attached hydrogens (tertiary/aromatic N) is 5. The summed E-state index contributed by atoms with van der Waals surface area (Å²) in [5.74, 6) is 1.75. The SMILES string of the molecule is CCn1c(CN[C@H]2CCc3ncnn3C2)nc2cc(F)ccc21. The van der Waals surface area contributed by atoms with Crippen molar-refractivity contribution >= 4 is 11.0 Å². The van der Waals surface area contributed by atoms with E-state index in [0.29, 0.717) is 18.1 Å². The number of rotatable bonds is 4. The van der Waals surface area contributed by atoms with Gasteiger partial charge >= 0.3 is 0 Å². The van der Waals surface area contributed by atoms with Gasteiger partial charge in [-0.2, -0.15) is 5.10 Å². The Balaban J connectivity index is 1.52. The lowest BCUT2D eigenvalue weighted by atomic mass is 10.1. The lowest BCUT2D eigenvalue weighted by Crippen LogP contribution is -2.38. The molecule has 0 aliphatic carbocycles. The number of imidazole rings is 1. The maximum Gasteiger partial charge on any atom is 0.138 e. The topological polar surface area (TPSA) is 60.6 Å². The van der Waals surface area contributed by atoms with E-state index < -0.39 is 0 Å². The summed E-state index contributed by atoms with van der Waals surface area (Å²) in [6.07, 6.45) is 3.59. The van der Waals surface area contributed by atoms with E-state index in [9.17, 15) is 4.39 Å². The van der Waals surface area contributed by atoms with Crippen LogP contribution in [0.3, 0.4) is 0 Å². The van der Waals surface area contributed by atoms with Gasteiger partial charge in [-0.3, -0.25) is 0 Å². The van der Waals surface area contributed by atoms with Crippen LogP contribution in [0, 0.1) is 5.82 Å². The molecule has 0 saturated carbocycles. The lowest BCUT2D eigenvalue weighted by molar-refractivity contribution is 0.353. The molecule has 6 nitrogen and oxygen atoms in total. The zero-order chi connectivity index (χ0) is 15.8. The summed E-state index contributed by atoms with van der Waals surface area (Å²) in [5, 5.41) is 7.80. The minimum atomic E-state index is -0.247. The van der Waals surface area contributed by atoms with E-state index >= 15 is 0 Å². The molecule has 1 aliphatic heterocycles. The van der Waals surface area contributed by atoms with Gasteiger partial charge < -0.3 is 9.88 Å². The molecule has 0 radical (unpaired) electrons. The van der Waals surface area contributed by atoms with Crippen molar-refractivity contribution in [1.82, 2.24) is 29.6 Å². The molecule has 3 aromatic rings. The van der Waals surface area contributed by atoms with Gasteiger partial charge in [0.05, 0.1) is 24.1 Å². The van der Waals surface area contributed by atoms with Gasteiger partial charge in [0, 0.05) is 25.1 Å². The molecule has 1 N–H and O–H groups in total. The van der Waals surface area contributed by atoms with Gasteiger partial charge in [-0.1, -0.05) is 0 Å². The van der Waals surface area contributed by atoms with Crippen LogP contribution in [0.25, 0.3) is 11.0 Å². The second kappa shape index (κ2) is 5.73. The van der Waals surface area contributed by atoms with Crippen LogP contribution in [0.15, 0.2) is 24.5 Å². The van der Waals surface area contributed by atoms with Crippen molar-refractivity contribution < 1.29 is 4.39 Å². The largest absolute Gasteiger partial charge is 0.327 e. The molecule has 1 aliphatic rings. The quantitative estimate of drug-likeness (QED) is 0.799. The van der Waals surface area contributed by atoms with Gasteiger partial charge in [-0.15, -0.1) is 0 Å². The van der Waals surface area contributed by atoms with Crippen LogP contribution in [0.5, 0.6) is 0 Å². The van der Waals surface area contributed by atoms with Crippen molar-refractivity contribution in [2.24, 2.45) is 0 Å². The molecular weight excluding hydrogens is 295 g/mol. The summed E-state index contributed by atoms with van der Waals surface area (Å²) in [4.78, 5) is 8.83. The van der Waals surface area contributed by atoms with E-state index in [1.807, 2.05) is 4.68 Å². The predicted octanol–water partition coefficient (Wildman–Crippen LogP) is 1.89. The maximum absolute atomic E-state index is 13.4. The van der Waals surface area contributed by atoms with E-state index in [-0.39, 0.29) is 5.82 Å². The van der Waals surface area contributed by atoms with Crippen molar-refractivity contribution in [3.8, 4) is 0 Å². The summed E-state index contributed by atoms with van der Waals surface area (Å²) in [6, 6.07) is 5.13. The number of hydrogen-bond donors (Lipinski definition) is 1. The highest BCUT2D eigenvalue weighted by Gasteiger charge is 2.20. The number of benzene rings is 1. The predicted molar refractivity (Wildman–Crippen MR) is 84.3 cm³/mol. The maximum atomic E-state index is 13.4. The van der Waals surface area contributed by atoms with Gasteiger partial charge in [-0.05, 0) is 25.5 Å². The third kappa shape index (κ3) is 2.61. The molecule has 0 fully saturated rings. The van der Waals surface area contributed by atoms with Crippen LogP contribution < -0.4 is 5.32 Å². The van der Waals surface area contributed by atoms with Crippen molar-refractivity contribution in [3.05, 3.63) is 42.0 Å². The molecule has 7 heteroatoms. The zero-order valence-electron chi connectivity index (χ0n) is 13.0. The molecule has 1 atom stereocenters. The molecule has 3 heterocycles. The number of halogens is 1. The van der Waals surface area contributed by atoms with E-state index in [0.717, 1.165) is 43.1 Å². The Morgan fingerprint density at radius 1 is 1.39 bits per heavy atom. The number of fused-ring (bicyclic) bond motifs is 2. The van der Waals surface area contributed by atoms with Crippen LogP contribution in [0.1, 0.15) is 25.0 Å². The van der Waals surface area contributed by atoms with Gasteiger partial charge in [0.15, 0.2) is 0 Å². The molecule has 4 rings (SSSR count). The van der Waals surface area contributed by atoms with Crippen LogP contribution >= 0.6 is 0 Å². The Labute approximate surface area is 133 Å². The first-order valence-corrected chi connectivity index (χ1v) is 7.99.